The van der Waals surface area contributed by atoms with Crippen molar-refractivity contribution >= 4 is 24.6 Å². The van der Waals surface area contributed by atoms with Crippen LogP contribution in [0.15, 0.2) is 73.3 Å². The van der Waals surface area contributed by atoms with Crippen LogP contribution in [0.1, 0.15) is 0 Å². The summed E-state index contributed by atoms with van der Waals surface area (Å²) < 4.78 is 5.24. The van der Waals surface area contributed by atoms with Crippen molar-refractivity contribution in [3.63, 3.8) is 0 Å². The molecule has 0 saturated carbocycles. The van der Waals surface area contributed by atoms with Crippen molar-refractivity contribution in [2.45, 2.75) is 0 Å². The van der Waals surface area contributed by atoms with E-state index in [4.69, 9.17) is 10.1 Å². The molecular weight excluding hydrogens is 266 g/mol. The van der Waals surface area contributed by atoms with E-state index in [0.717, 1.165) is 16.4 Å². The molecule has 0 radical (unpaired) electrons. The van der Waals surface area contributed by atoms with Gasteiger partial charge in [-0.3, -0.25) is 0 Å². The van der Waals surface area contributed by atoms with Gasteiger partial charge in [-0.25, -0.2) is 4.79 Å². The molecule has 0 aliphatic carbocycles. The van der Waals surface area contributed by atoms with Crippen LogP contribution in [0, 0.1) is 0 Å². The Morgan fingerprint density at radius 1 is 1.05 bits per heavy atom. The second kappa shape index (κ2) is 6.32. The number of benzene rings is 2. The monoisotopic (exact) mass is 283 g/mol. The maximum absolute atomic E-state index is 11.3. The van der Waals surface area contributed by atoms with Crippen molar-refractivity contribution in [3.8, 4) is 0 Å². The maximum Gasteiger partial charge on any atom is 0.329 e. The quantitative estimate of drug-likeness (QED) is 0.505. The molecule has 3 nitrogen and oxygen atoms in total. The molecule has 2 aromatic carbocycles. The molecule has 4 heteroatoms. The van der Waals surface area contributed by atoms with E-state index in [1.165, 1.54) is 0 Å². The Kier molecular flexibility index (Phi) is 4.50. The Labute approximate surface area is 119 Å². The third-order valence-electron chi connectivity index (χ3n) is 3.19. The highest BCUT2D eigenvalue weighted by atomic mass is 28.3. The second-order valence-electron chi connectivity index (χ2n) is 4.52. The van der Waals surface area contributed by atoms with Crippen molar-refractivity contribution in [1.82, 2.24) is 0 Å². The van der Waals surface area contributed by atoms with Gasteiger partial charge in [-0.05, 0) is 10.4 Å². The predicted octanol–water partition coefficient (Wildman–Crippen LogP) is 0.973. The van der Waals surface area contributed by atoms with Crippen LogP contribution < -0.4 is 15.8 Å². The minimum atomic E-state index is -2.57. The highest BCUT2D eigenvalue weighted by molar-refractivity contribution is 6.99. The van der Waals surface area contributed by atoms with Crippen molar-refractivity contribution in [1.29, 1.82) is 0 Å². The molecule has 0 spiro atoms. The first-order valence-electron chi connectivity index (χ1n) is 6.36. The van der Waals surface area contributed by atoms with E-state index in [1.54, 1.807) is 0 Å². The largest absolute Gasteiger partial charge is 0.464 e. The van der Waals surface area contributed by atoms with Gasteiger partial charge < -0.3 is 10.1 Å². The summed E-state index contributed by atoms with van der Waals surface area (Å²) in [6, 6.07) is 19.6. The summed E-state index contributed by atoms with van der Waals surface area (Å²) in [6.07, 6.45) is 1.36. The highest BCUT2D eigenvalue weighted by Gasteiger charge is 2.34. The van der Waals surface area contributed by atoms with Crippen LogP contribution >= 0.6 is 0 Å². The molecule has 0 aliphatic heterocycles. The lowest BCUT2D eigenvalue weighted by atomic mass is 10.4. The van der Waals surface area contributed by atoms with E-state index < -0.39 is 14.2 Å². The first kappa shape index (κ1) is 14.2. The van der Waals surface area contributed by atoms with Gasteiger partial charge in [-0.15, -0.1) is 0 Å². The molecule has 0 fully saturated rings. The summed E-state index contributed by atoms with van der Waals surface area (Å²) in [5.74, 6) is -0.445. The lowest BCUT2D eigenvalue weighted by Gasteiger charge is -2.27. The van der Waals surface area contributed by atoms with E-state index >= 15 is 0 Å². The molecule has 0 aliphatic rings. The maximum atomic E-state index is 11.3. The first-order chi connectivity index (χ1) is 9.66. The standard InChI is InChI=1S/C16H17NO2Si/c1-2-16(18)19-13-20(17,14-9-5-3-6-10-14)15-11-7-4-8-12-15/h2-12H,1,13,17H2. The molecule has 2 aromatic rings. The summed E-state index contributed by atoms with van der Waals surface area (Å²) in [6.45, 7) is 3.41. The fraction of sp³-hybridized carbons (Fsp3) is 0.0625. The lowest BCUT2D eigenvalue weighted by molar-refractivity contribution is -0.135. The van der Waals surface area contributed by atoms with Gasteiger partial charge in [0.1, 0.15) is 6.23 Å². The number of esters is 1. The van der Waals surface area contributed by atoms with E-state index in [1.807, 2.05) is 60.7 Å². The van der Waals surface area contributed by atoms with Gasteiger partial charge in [0.15, 0.2) is 0 Å². The Balaban J connectivity index is 2.38. The van der Waals surface area contributed by atoms with Gasteiger partial charge in [0.2, 0.25) is 8.24 Å². The van der Waals surface area contributed by atoms with Crippen LogP contribution in [0.4, 0.5) is 0 Å². The number of hydrogen-bond donors (Lipinski definition) is 1. The fourth-order valence-corrected chi connectivity index (χ4v) is 4.66. The number of hydrogen-bond acceptors (Lipinski definition) is 3. The van der Waals surface area contributed by atoms with Crippen LogP contribution in [0.3, 0.4) is 0 Å². The number of nitrogens with two attached hydrogens (primary N) is 1. The van der Waals surface area contributed by atoms with Gasteiger partial charge in [0.25, 0.3) is 0 Å². The van der Waals surface area contributed by atoms with Crippen molar-refractivity contribution in [2.75, 3.05) is 6.23 Å². The highest BCUT2D eigenvalue weighted by Crippen LogP contribution is 2.01. The van der Waals surface area contributed by atoms with Crippen molar-refractivity contribution in [2.24, 2.45) is 5.40 Å². The molecule has 102 valence electrons. The Bertz CT molecular complexity index is 544. The third kappa shape index (κ3) is 3.04. The average molecular weight is 283 g/mol. The van der Waals surface area contributed by atoms with Crippen LogP contribution in [0.2, 0.25) is 0 Å². The Morgan fingerprint density at radius 2 is 1.50 bits per heavy atom. The van der Waals surface area contributed by atoms with E-state index in [-0.39, 0.29) is 6.23 Å². The molecule has 0 heterocycles. The van der Waals surface area contributed by atoms with Gasteiger partial charge in [-0.2, -0.15) is 0 Å². The zero-order valence-electron chi connectivity index (χ0n) is 11.2. The molecule has 0 atom stereocenters. The van der Waals surface area contributed by atoms with E-state index in [2.05, 4.69) is 6.58 Å². The van der Waals surface area contributed by atoms with Crippen LogP contribution in [0.25, 0.3) is 0 Å². The first-order valence-corrected chi connectivity index (χ1v) is 8.64. The molecule has 2 N–H and O–H groups in total. The van der Waals surface area contributed by atoms with E-state index in [0.29, 0.717) is 0 Å². The number of ether oxygens (including phenoxy) is 1. The van der Waals surface area contributed by atoms with Gasteiger partial charge in [0, 0.05) is 6.08 Å². The summed E-state index contributed by atoms with van der Waals surface area (Å²) in [5, 5.41) is 8.73. The summed E-state index contributed by atoms with van der Waals surface area (Å²) in [7, 11) is -2.57. The van der Waals surface area contributed by atoms with Crippen LogP contribution in [-0.4, -0.2) is 20.4 Å². The zero-order chi connectivity index (χ0) is 14.4. The van der Waals surface area contributed by atoms with Crippen LogP contribution in [0.5, 0.6) is 0 Å². The molecule has 2 rings (SSSR count). The number of rotatable bonds is 5. The molecule has 0 aromatic heterocycles. The number of carbonyl (C=O) groups excluding carboxylic acids is 1. The topological polar surface area (TPSA) is 52.3 Å². The molecule has 0 bridgehead atoms. The van der Waals surface area contributed by atoms with Gasteiger partial charge >= 0.3 is 5.97 Å². The second-order valence-corrected chi connectivity index (χ2v) is 7.90. The summed E-state index contributed by atoms with van der Waals surface area (Å²) >= 11 is 0. The average Bonchev–Trinajstić information content (AvgIpc) is 2.54. The van der Waals surface area contributed by atoms with Gasteiger partial charge in [0.05, 0.1) is 0 Å². The Hall–Kier alpha value is -2.17. The predicted molar refractivity (Wildman–Crippen MR) is 83.2 cm³/mol. The normalized spacial score (nSPS) is 10.8. The smallest absolute Gasteiger partial charge is 0.329 e. The number of carbonyl (C=O) groups is 1. The minimum Gasteiger partial charge on any atom is -0.464 e. The summed E-state index contributed by atoms with van der Waals surface area (Å²) in [5.41, 5.74) is 0. The van der Waals surface area contributed by atoms with E-state index in [9.17, 15) is 4.79 Å². The lowest BCUT2D eigenvalue weighted by Crippen LogP contribution is -2.70. The molecular formula is C16H17NO2Si. The molecule has 0 amide bonds. The Morgan fingerprint density at radius 3 is 1.90 bits per heavy atom. The van der Waals surface area contributed by atoms with Crippen LogP contribution in [-0.2, 0) is 9.53 Å². The third-order valence-corrected chi connectivity index (χ3v) is 6.51. The molecule has 0 unspecified atom stereocenters. The SMILES string of the molecule is C=CC(=O)OC[Si](N)(c1ccccc1)c1ccccc1. The minimum absolute atomic E-state index is 0.200. The zero-order valence-corrected chi connectivity index (χ0v) is 12.2. The fourth-order valence-electron chi connectivity index (χ4n) is 2.05. The summed E-state index contributed by atoms with van der Waals surface area (Å²) in [4.78, 5) is 11.3. The van der Waals surface area contributed by atoms with Crippen molar-refractivity contribution < 1.29 is 9.53 Å². The molecule has 20 heavy (non-hydrogen) atoms. The van der Waals surface area contributed by atoms with Gasteiger partial charge in [-0.1, -0.05) is 67.2 Å². The van der Waals surface area contributed by atoms with Crippen molar-refractivity contribution in [3.05, 3.63) is 73.3 Å². The molecule has 0 saturated heterocycles.